The molecule has 24 heavy (non-hydrogen) atoms. The number of methoxy groups -OCH3 is 1. The second-order valence-electron chi connectivity index (χ2n) is 5.11. The number of nitrogens with two attached hydrogens (primary N) is 1. The summed E-state index contributed by atoms with van der Waals surface area (Å²) in [7, 11) is 1.52. The Morgan fingerprint density at radius 3 is 2.54 bits per heavy atom. The summed E-state index contributed by atoms with van der Waals surface area (Å²) in [4.78, 5) is 26.0. The van der Waals surface area contributed by atoms with Gasteiger partial charge in [0.1, 0.15) is 0 Å². The molecule has 0 unspecified atom stereocenters. The van der Waals surface area contributed by atoms with E-state index in [-0.39, 0.29) is 6.01 Å². The van der Waals surface area contributed by atoms with E-state index in [9.17, 15) is 4.79 Å². The lowest BCUT2D eigenvalue weighted by Gasteiger charge is -2.26. The highest BCUT2D eigenvalue weighted by Crippen LogP contribution is 2.22. The monoisotopic (exact) mass is 330 g/mol. The van der Waals surface area contributed by atoms with Crippen molar-refractivity contribution in [1.29, 1.82) is 0 Å². The lowest BCUT2D eigenvalue weighted by atomic mass is 10.2. The number of urea groups is 1. The summed E-state index contributed by atoms with van der Waals surface area (Å²) in [5.74, 6) is 1.05. The highest BCUT2D eigenvalue weighted by atomic mass is 16.5. The van der Waals surface area contributed by atoms with Crippen molar-refractivity contribution in [2.24, 2.45) is 5.73 Å². The third-order valence-electron chi connectivity index (χ3n) is 3.49. The molecule has 2 aromatic rings. The zero-order chi connectivity index (χ0) is 16.9. The lowest BCUT2D eigenvalue weighted by molar-refractivity contribution is 0.122. The molecular weight excluding hydrogens is 312 g/mol. The topological polar surface area (TPSA) is 115 Å². The molecule has 3 rings (SSSR count). The molecule has 2 amide bonds. The van der Waals surface area contributed by atoms with Gasteiger partial charge in [0.15, 0.2) is 5.82 Å². The van der Waals surface area contributed by atoms with Gasteiger partial charge in [-0.05, 0) is 24.3 Å². The number of ether oxygens (including phenoxy) is 2. The van der Waals surface area contributed by atoms with Crippen molar-refractivity contribution >= 4 is 17.7 Å². The molecule has 0 bridgehead atoms. The Kier molecular flexibility index (Phi) is 4.71. The number of amides is 2. The Morgan fingerprint density at radius 1 is 1.21 bits per heavy atom. The number of carbonyl (C=O) groups excluding carboxylic acids is 1. The van der Waals surface area contributed by atoms with Crippen LogP contribution in [-0.4, -0.2) is 54.4 Å². The summed E-state index contributed by atoms with van der Waals surface area (Å²) in [6, 6.07) is 6.68. The molecule has 126 valence electrons. The van der Waals surface area contributed by atoms with Crippen LogP contribution in [0.4, 0.5) is 16.4 Å². The third kappa shape index (κ3) is 3.69. The van der Waals surface area contributed by atoms with Crippen molar-refractivity contribution < 1.29 is 14.3 Å². The molecule has 0 aliphatic carbocycles. The smallest absolute Gasteiger partial charge is 0.321 e. The molecular formula is C15H18N6O3. The van der Waals surface area contributed by atoms with Gasteiger partial charge < -0.3 is 25.4 Å². The molecule has 1 aromatic carbocycles. The van der Waals surface area contributed by atoms with Gasteiger partial charge in [0, 0.05) is 24.3 Å². The van der Waals surface area contributed by atoms with Crippen LogP contribution in [-0.2, 0) is 4.74 Å². The van der Waals surface area contributed by atoms with E-state index < -0.39 is 6.03 Å². The molecule has 0 atom stereocenters. The summed E-state index contributed by atoms with van der Waals surface area (Å²) in [6.07, 6.45) is 0. The number of carbonyl (C=O) groups is 1. The fourth-order valence-electron chi connectivity index (χ4n) is 2.32. The third-order valence-corrected chi connectivity index (χ3v) is 3.49. The van der Waals surface area contributed by atoms with Gasteiger partial charge in [0.25, 0.3) is 0 Å². The molecule has 2 heterocycles. The average molecular weight is 330 g/mol. The number of nitrogens with one attached hydrogen (secondary N) is 1. The van der Waals surface area contributed by atoms with E-state index in [2.05, 4.69) is 20.3 Å². The molecule has 1 aliphatic rings. The molecule has 1 aliphatic heterocycles. The van der Waals surface area contributed by atoms with Gasteiger partial charge in [-0.2, -0.15) is 15.0 Å². The Labute approximate surface area is 138 Å². The highest BCUT2D eigenvalue weighted by molar-refractivity contribution is 5.88. The second kappa shape index (κ2) is 7.09. The Balaban J connectivity index is 1.90. The van der Waals surface area contributed by atoms with Crippen LogP contribution in [0.3, 0.4) is 0 Å². The van der Waals surface area contributed by atoms with E-state index >= 15 is 0 Å². The first-order valence-electron chi connectivity index (χ1n) is 7.45. The number of primary amides is 1. The van der Waals surface area contributed by atoms with Crippen LogP contribution in [0.2, 0.25) is 0 Å². The summed E-state index contributed by atoms with van der Waals surface area (Å²) in [5.41, 5.74) is 6.47. The Bertz CT molecular complexity index is 716. The van der Waals surface area contributed by atoms with Crippen LogP contribution in [0.15, 0.2) is 24.3 Å². The maximum absolute atomic E-state index is 10.9. The van der Waals surface area contributed by atoms with Gasteiger partial charge in [-0.1, -0.05) is 0 Å². The van der Waals surface area contributed by atoms with Gasteiger partial charge in [-0.15, -0.1) is 0 Å². The summed E-state index contributed by atoms with van der Waals surface area (Å²) >= 11 is 0. The van der Waals surface area contributed by atoms with Gasteiger partial charge in [-0.3, -0.25) is 0 Å². The molecule has 9 heteroatoms. The first kappa shape index (κ1) is 15.9. The summed E-state index contributed by atoms with van der Waals surface area (Å²) in [5, 5.41) is 2.51. The van der Waals surface area contributed by atoms with Crippen molar-refractivity contribution in [3.63, 3.8) is 0 Å². The minimum Gasteiger partial charge on any atom is -0.467 e. The van der Waals surface area contributed by atoms with Crippen LogP contribution in [0.25, 0.3) is 11.4 Å². The SMILES string of the molecule is COc1nc(-c2ccc(NC(N)=O)cc2)nc(N2CCOCC2)n1. The number of rotatable bonds is 4. The first-order valence-corrected chi connectivity index (χ1v) is 7.45. The summed E-state index contributed by atoms with van der Waals surface area (Å²) < 4.78 is 10.5. The van der Waals surface area contributed by atoms with Crippen molar-refractivity contribution in [1.82, 2.24) is 15.0 Å². The van der Waals surface area contributed by atoms with Crippen LogP contribution in [0.1, 0.15) is 0 Å². The molecule has 9 nitrogen and oxygen atoms in total. The quantitative estimate of drug-likeness (QED) is 0.854. The van der Waals surface area contributed by atoms with E-state index in [1.54, 1.807) is 24.3 Å². The van der Waals surface area contributed by atoms with E-state index in [0.29, 0.717) is 43.8 Å². The van der Waals surface area contributed by atoms with E-state index in [0.717, 1.165) is 5.56 Å². The Hall–Kier alpha value is -2.94. The van der Waals surface area contributed by atoms with Crippen molar-refractivity contribution in [3.8, 4) is 17.4 Å². The van der Waals surface area contributed by atoms with Crippen molar-refractivity contribution in [2.45, 2.75) is 0 Å². The van der Waals surface area contributed by atoms with E-state index in [4.69, 9.17) is 15.2 Å². The van der Waals surface area contributed by atoms with Crippen LogP contribution >= 0.6 is 0 Å². The molecule has 3 N–H and O–H groups in total. The van der Waals surface area contributed by atoms with Crippen molar-refractivity contribution in [3.05, 3.63) is 24.3 Å². The number of hydrogen-bond acceptors (Lipinski definition) is 7. The molecule has 1 fully saturated rings. The molecule has 0 spiro atoms. The van der Waals surface area contributed by atoms with Crippen LogP contribution in [0.5, 0.6) is 6.01 Å². The maximum atomic E-state index is 10.9. The average Bonchev–Trinajstić information content (AvgIpc) is 2.62. The predicted molar refractivity (Wildman–Crippen MR) is 88.1 cm³/mol. The normalized spacial score (nSPS) is 14.3. The zero-order valence-corrected chi connectivity index (χ0v) is 13.2. The largest absolute Gasteiger partial charge is 0.467 e. The maximum Gasteiger partial charge on any atom is 0.321 e. The molecule has 1 saturated heterocycles. The number of aromatic nitrogens is 3. The lowest BCUT2D eigenvalue weighted by Crippen LogP contribution is -2.37. The minimum absolute atomic E-state index is 0.251. The summed E-state index contributed by atoms with van der Waals surface area (Å²) in [6.45, 7) is 2.70. The van der Waals surface area contributed by atoms with Gasteiger partial charge in [-0.25, -0.2) is 4.79 Å². The fraction of sp³-hybridized carbons (Fsp3) is 0.333. The zero-order valence-electron chi connectivity index (χ0n) is 13.2. The Morgan fingerprint density at radius 2 is 1.92 bits per heavy atom. The second-order valence-corrected chi connectivity index (χ2v) is 5.11. The fourth-order valence-corrected chi connectivity index (χ4v) is 2.32. The molecule has 1 aromatic heterocycles. The van der Waals surface area contributed by atoms with Crippen molar-refractivity contribution in [2.75, 3.05) is 43.6 Å². The van der Waals surface area contributed by atoms with Gasteiger partial charge in [0.2, 0.25) is 5.95 Å². The van der Waals surface area contributed by atoms with Gasteiger partial charge >= 0.3 is 12.0 Å². The van der Waals surface area contributed by atoms with Crippen LogP contribution < -0.4 is 20.7 Å². The molecule has 0 saturated carbocycles. The predicted octanol–water partition coefficient (Wildman–Crippen LogP) is 0.874. The van der Waals surface area contributed by atoms with E-state index in [1.807, 2.05) is 4.90 Å². The number of nitrogens with zero attached hydrogens (tertiary/aromatic N) is 4. The molecule has 0 radical (unpaired) electrons. The number of anilines is 2. The minimum atomic E-state index is -0.612. The highest BCUT2D eigenvalue weighted by Gasteiger charge is 2.17. The van der Waals surface area contributed by atoms with Gasteiger partial charge in [0.05, 0.1) is 20.3 Å². The number of hydrogen-bond donors (Lipinski definition) is 2. The standard InChI is InChI=1S/C15H18N6O3/c1-23-15-19-12(10-2-4-11(5-3-10)17-13(16)22)18-14(20-15)21-6-8-24-9-7-21/h2-5H,6-9H2,1H3,(H3,16,17,22). The first-order chi connectivity index (χ1) is 11.7. The van der Waals surface area contributed by atoms with E-state index in [1.165, 1.54) is 7.11 Å². The number of morpholine rings is 1. The van der Waals surface area contributed by atoms with Crippen LogP contribution in [0, 0.1) is 0 Å². The number of benzene rings is 1.